The number of carbonyl (C=O) groups excluding carboxylic acids is 1. The number of aromatic nitrogens is 2. The first kappa shape index (κ1) is 18.5. The number of amides is 2. The maximum Gasteiger partial charge on any atom is 0.325 e. The fourth-order valence-electron chi connectivity index (χ4n) is 2.29. The van der Waals surface area contributed by atoms with Crippen LogP contribution in [0.1, 0.15) is 0 Å². The molecule has 2 amide bonds. The van der Waals surface area contributed by atoms with E-state index in [2.05, 4.69) is 20.8 Å². The number of urea groups is 1. The molecule has 9 heteroatoms. The summed E-state index contributed by atoms with van der Waals surface area (Å²) >= 11 is 1.25. The molecule has 2 aromatic carbocycles. The second kappa shape index (κ2) is 8.37. The van der Waals surface area contributed by atoms with Crippen LogP contribution >= 0.6 is 11.3 Å². The van der Waals surface area contributed by atoms with Crippen molar-refractivity contribution in [2.45, 2.75) is 0 Å². The van der Waals surface area contributed by atoms with Crippen molar-refractivity contribution >= 4 is 28.2 Å². The van der Waals surface area contributed by atoms with Gasteiger partial charge in [-0.1, -0.05) is 11.3 Å². The van der Waals surface area contributed by atoms with Crippen molar-refractivity contribution < 1.29 is 19.0 Å². The molecular weight excluding hydrogens is 368 g/mol. The molecule has 0 bridgehead atoms. The lowest BCUT2D eigenvalue weighted by atomic mass is 10.2. The second-order valence-electron chi connectivity index (χ2n) is 5.29. The van der Waals surface area contributed by atoms with Crippen LogP contribution in [0.4, 0.5) is 15.6 Å². The number of hydrogen-bond donors (Lipinski definition) is 2. The summed E-state index contributed by atoms with van der Waals surface area (Å²) in [6.07, 6.45) is 0. The van der Waals surface area contributed by atoms with Crippen molar-refractivity contribution in [1.29, 1.82) is 0 Å². The molecular formula is C18H18N4O4S. The van der Waals surface area contributed by atoms with Crippen LogP contribution in [0.5, 0.6) is 17.2 Å². The van der Waals surface area contributed by atoms with Crippen molar-refractivity contribution in [3.8, 4) is 27.8 Å². The van der Waals surface area contributed by atoms with E-state index in [0.29, 0.717) is 33.1 Å². The maximum atomic E-state index is 12.1. The largest absolute Gasteiger partial charge is 0.497 e. The maximum absolute atomic E-state index is 12.1. The van der Waals surface area contributed by atoms with Crippen LogP contribution in [0.15, 0.2) is 42.5 Å². The van der Waals surface area contributed by atoms with E-state index in [9.17, 15) is 4.79 Å². The zero-order valence-corrected chi connectivity index (χ0v) is 15.8. The molecule has 0 saturated carbocycles. The highest BCUT2D eigenvalue weighted by molar-refractivity contribution is 7.18. The van der Waals surface area contributed by atoms with Gasteiger partial charge >= 0.3 is 6.03 Å². The molecule has 0 unspecified atom stereocenters. The van der Waals surface area contributed by atoms with Gasteiger partial charge in [-0.05, 0) is 42.5 Å². The summed E-state index contributed by atoms with van der Waals surface area (Å²) < 4.78 is 15.6. The van der Waals surface area contributed by atoms with Crippen molar-refractivity contribution in [2.24, 2.45) is 0 Å². The number of nitrogens with zero attached hydrogens (tertiary/aromatic N) is 2. The third kappa shape index (κ3) is 4.45. The monoisotopic (exact) mass is 386 g/mol. The standard InChI is InChI=1S/C18H18N4O4S/c1-24-13-7-5-12(6-8-13)19-17(23)20-18-22-21-16(27-18)11-4-9-14(25-2)15(10-11)26-3/h4-10H,1-3H3,(H2,19,20,22,23). The zero-order valence-electron chi connectivity index (χ0n) is 15.0. The summed E-state index contributed by atoms with van der Waals surface area (Å²) in [5.74, 6) is 1.93. The van der Waals surface area contributed by atoms with Crippen molar-refractivity contribution in [3.63, 3.8) is 0 Å². The van der Waals surface area contributed by atoms with Gasteiger partial charge in [0.25, 0.3) is 0 Å². The zero-order chi connectivity index (χ0) is 19.2. The van der Waals surface area contributed by atoms with Gasteiger partial charge in [0, 0.05) is 11.3 Å². The fourth-order valence-corrected chi connectivity index (χ4v) is 3.03. The Bertz CT molecular complexity index is 927. The molecule has 8 nitrogen and oxygen atoms in total. The summed E-state index contributed by atoms with van der Waals surface area (Å²) in [4.78, 5) is 12.1. The Morgan fingerprint density at radius 3 is 2.30 bits per heavy atom. The number of methoxy groups -OCH3 is 3. The molecule has 0 fully saturated rings. The molecule has 2 N–H and O–H groups in total. The van der Waals surface area contributed by atoms with E-state index >= 15 is 0 Å². The van der Waals surface area contributed by atoms with Gasteiger partial charge in [0.05, 0.1) is 21.3 Å². The molecule has 0 aliphatic carbocycles. The normalized spacial score (nSPS) is 10.2. The quantitative estimate of drug-likeness (QED) is 0.668. The second-order valence-corrected chi connectivity index (χ2v) is 6.27. The van der Waals surface area contributed by atoms with Crippen LogP contribution in [-0.4, -0.2) is 37.6 Å². The third-order valence-electron chi connectivity index (χ3n) is 3.62. The number of ether oxygens (including phenoxy) is 3. The highest BCUT2D eigenvalue weighted by Crippen LogP contribution is 2.34. The van der Waals surface area contributed by atoms with Crippen LogP contribution in [0.25, 0.3) is 10.6 Å². The van der Waals surface area contributed by atoms with Crippen molar-refractivity contribution in [1.82, 2.24) is 10.2 Å². The predicted octanol–water partition coefficient (Wildman–Crippen LogP) is 3.87. The van der Waals surface area contributed by atoms with Gasteiger partial charge in [-0.25, -0.2) is 4.79 Å². The SMILES string of the molecule is COc1ccc(NC(=O)Nc2nnc(-c3ccc(OC)c(OC)c3)s2)cc1. The molecule has 0 radical (unpaired) electrons. The molecule has 0 spiro atoms. The van der Waals surface area contributed by atoms with Gasteiger partial charge in [-0.2, -0.15) is 0 Å². The first-order valence-electron chi connectivity index (χ1n) is 7.91. The Hall–Kier alpha value is -3.33. The van der Waals surface area contributed by atoms with Crippen LogP contribution < -0.4 is 24.8 Å². The van der Waals surface area contributed by atoms with Crippen LogP contribution in [0, 0.1) is 0 Å². The molecule has 0 aliphatic rings. The summed E-state index contributed by atoms with van der Waals surface area (Å²) in [5, 5.41) is 14.5. The van der Waals surface area contributed by atoms with E-state index in [1.807, 2.05) is 6.07 Å². The number of hydrogen-bond acceptors (Lipinski definition) is 7. The minimum Gasteiger partial charge on any atom is -0.497 e. The van der Waals surface area contributed by atoms with Crippen molar-refractivity contribution in [3.05, 3.63) is 42.5 Å². The lowest BCUT2D eigenvalue weighted by molar-refractivity contribution is 0.262. The van der Waals surface area contributed by atoms with Gasteiger partial charge in [-0.15, -0.1) is 10.2 Å². The van der Waals surface area contributed by atoms with E-state index in [4.69, 9.17) is 14.2 Å². The molecule has 27 heavy (non-hydrogen) atoms. The van der Waals surface area contributed by atoms with E-state index in [0.717, 1.165) is 5.56 Å². The number of benzene rings is 2. The van der Waals surface area contributed by atoms with Gasteiger partial charge < -0.3 is 19.5 Å². The van der Waals surface area contributed by atoms with E-state index < -0.39 is 6.03 Å². The molecule has 0 aliphatic heterocycles. The molecule has 0 saturated heterocycles. The van der Waals surface area contributed by atoms with Crippen molar-refractivity contribution in [2.75, 3.05) is 32.0 Å². The van der Waals surface area contributed by atoms with Gasteiger partial charge in [-0.3, -0.25) is 5.32 Å². The minimum atomic E-state index is -0.407. The summed E-state index contributed by atoms with van der Waals surface area (Å²) in [5.41, 5.74) is 1.45. The Morgan fingerprint density at radius 2 is 1.63 bits per heavy atom. The number of rotatable bonds is 6. The lowest BCUT2D eigenvalue weighted by Crippen LogP contribution is -2.19. The Labute approximate surface area is 160 Å². The molecule has 1 aromatic heterocycles. The first-order chi connectivity index (χ1) is 13.1. The summed E-state index contributed by atoms with van der Waals surface area (Å²) in [6.45, 7) is 0. The highest BCUT2D eigenvalue weighted by atomic mass is 32.1. The van der Waals surface area contributed by atoms with Gasteiger partial charge in [0.1, 0.15) is 10.8 Å². The Balaban J connectivity index is 1.67. The number of carbonyl (C=O) groups is 1. The molecule has 0 atom stereocenters. The number of nitrogens with one attached hydrogen (secondary N) is 2. The smallest absolute Gasteiger partial charge is 0.325 e. The topological polar surface area (TPSA) is 94.6 Å². The van der Waals surface area contributed by atoms with E-state index in [1.54, 1.807) is 57.7 Å². The van der Waals surface area contributed by atoms with Crippen LogP contribution in [0.3, 0.4) is 0 Å². The van der Waals surface area contributed by atoms with Gasteiger partial charge in [0.2, 0.25) is 5.13 Å². The Kier molecular flexibility index (Phi) is 5.72. The molecule has 3 aromatic rings. The molecule has 140 valence electrons. The van der Waals surface area contributed by atoms with Gasteiger partial charge in [0.15, 0.2) is 11.5 Å². The first-order valence-corrected chi connectivity index (χ1v) is 8.72. The summed E-state index contributed by atoms with van der Waals surface area (Å²) in [7, 11) is 4.73. The average molecular weight is 386 g/mol. The Morgan fingerprint density at radius 1 is 0.889 bits per heavy atom. The highest BCUT2D eigenvalue weighted by Gasteiger charge is 2.12. The van der Waals surface area contributed by atoms with E-state index in [1.165, 1.54) is 11.3 Å². The molecule has 3 rings (SSSR count). The fraction of sp³-hybridized carbons (Fsp3) is 0.167. The number of anilines is 2. The summed E-state index contributed by atoms with van der Waals surface area (Å²) in [6, 6.07) is 12.0. The third-order valence-corrected chi connectivity index (χ3v) is 4.51. The van der Waals surface area contributed by atoms with E-state index in [-0.39, 0.29) is 0 Å². The lowest BCUT2D eigenvalue weighted by Gasteiger charge is -2.07. The van der Waals surface area contributed by atoms with Crippen LogP contribution in [-0.2, 0) is 0 Å². The predicted molar refractivity (Wildman–Crippen MR) is 104 cm³/mol. The van der Waals surface area contributed by atoms with Crippen LogP contribution in [0.2, 0.25) is 0 Å². The average Bonchev–Trinajstić information content (AvgIpc) is 3.16. The minimum absolute atomic E-state index is 0.380. The molecule has 1 heterocycles.